The zero-order valence-electron chi connectivity index (χ0n) is 17.1. The van der Waals surface area contributed by atoms with E-state index in [2.05, 4.69) is 14.8 Å². The van der Waals surface area contributed by atoms with E-state index in [9.17, 15) is 26.0 Å². The molecule has 0 saturated carbocycles. The second-order valence-electron chi connectivity index (χ2n) is 7.12. The Bertz CT molecular complexity index is 1460. The number of carbonyl (C=O) groups is 1. The maximum absolute atomic E-state index is 13.1. The second kappa shape index (κ2) is 8.37. The minimum absolute atomic E-state index is 0.0224. The molecule has 12 heteroatoms. The van der Waals surface area contributed by atoms with Gasteiger partial charge in [-0.25, -0.2) is 21.2 Å². The molecule has 9 nitrogen and oxygen atoms in total. The van der Waals surface area contributed by atoms with E-state index in [-0.39, 0.29) is 39.2 Å². The van der Waals surface area contributed by atoms with Gasteiger partial charge in [0.05, 0.1) is 34.7 Å². The SMILES string of the molecule is COc1ccc(NS(=O)(=O)c2ccc3c(c2)CC(=O)N3)cc1NS(=O)(=O)c1ccc(F)cc1. The van der Waals surface area contributed by atoms with Crippen LogP contribution in [0, 0.1) is 5.82 Å². The molecule has 0 bridgehead atoms. The number of fused-ring (bicyclic) bond motifs is 1. The maximum atomic E-state index is 13.1. The smallest absolute Gasteiger partial charge is 0.262 e. The van der Waals surface area contributed by atoms with Gasteiger partial charge in [0.1, 0.15) is 11.6 Å². The van der Waals surface area contributed by atoms with Crippen LogP contribution in [-0.4, -0.2) is 29.9 Å². The van der Waals surface area contributed by atoms with Gasteiger partial charge in [-0.2, -0.15) is 0 Å². The molecule has 0 unspecified atom stereocenters. The Morgan fingerprint density at radius 3 is 2.24 bits per heavy atom. The van der Waals surface area contributed by atoms with Gasteiger partial charge in [0.15, 0.2) is 0 Å². The van der Waals surface area contributed by atoms with Crippen LogP contribution >= 0.6 is 0 Å². The molecule has 3 aromatic rings. The van der Waals surface area contributed by atoms with Crippen LogP contribution in [0.3, 0.4) is 0 Å². The molecule has 3 aromatic carbocycles. The number of hydrogen-bond acceptors (Lipinski definition) is 6. The van der Waals surface area contributed by atoms with Crippen molar-refractivity contribution in [3.8, 4) is 5.75 Å². The van der Waals surface area contributed by atoms with E-state index in [1.54, 1.807) is 0 Å². The van der Waals surface area contributed by atoms with Crippen molar-refractivity contribution >= 4 is 43.0 Å². The van der Waals surface area contributed by atoms with Gasteiger partial charge in [0, 0.05) is 5.69 Å². The topological polar surface area (TPSA) is 131 Å². The lowest BCUT2D eigenvalue weighted by molar-refractivity contribution is -0.115. The second-order valence-corrected chi connectivity index (χ2v) is 10.5. The number of nitrogens with one attached hydrogen (secondary N) is 3. The number of amides is 1. The summed E-state index contributed by atoms with van der Waals surface area (Å²) in [5, 5.41) is 2.63. The van der Waals surface area contributed by atoms with Crippen molar-refractivity contribution in [3.63, 3.8) is 0 Å². The molecule has 0 atom stereocenters. The van der Waals surface area contributed by atoms with Crippen LogP contribution in [0.15, 0.2) is 70.5 Å². The quantitative estimate of drug-likeness (QED) is 0.466. The molecule has 1 heterocycles. The molecular weight excluding hydrogens is 473 g/mol. The summed E-state index contributed by atoms with van der Waals surface area (Å²) in [4.78, 5) is 11.3. The van der Waals surface area contributed by atoms with E-state index >= 15 is 0 Å². The standard InChI is InChI=1S/C21H18FN3O6S2/c1-31-20-9-4-15(12-19(20)25-32(27,28)16-5-2-14(22)3-6-16)24-33(29,30)17-7-8-18-13(10-17)11-21(26)23-18/h2-10,12,24-25H,11H2,1H3,(H,23,26). The fourth-order valence-corrected chi connectivity index (χ4v) is 5.42. The predicted octanol–water partition coefficient (Wildman–Crippen LogP) is 2.93. The minimum atomic E-state index is -4.10. The minimum Gasteiger partial charge on any atom is -0.495 e. The molecule has 4 rings (SSSR count). The van der Waals surface area contributed by atoms with Crippen molar-refractivity contribution in [1.82, 2.24) is 0 Å². The highest BCUT2D eigenvalue weighted by Gasteiger charge is 2.23. The molecule has 0 aromatic heterocycles. The molecule has 0 aliphatic carbocycles. The highest BCUT2D eigenvalue weighted by Crippen LogP contribution is 2.32. The van der Waals surface area contributed by atoms with Crippen molar-refractivity contribution in [1.29, 1.82) is 0 Å². The average Bonchev–Trinajstić information content (AvgIpc) is 3.13. The summed E-state index contributed by atoms with van der Waals surface area (Å²) in [7, 11) is -6.81. The Balaban J connectivity index is 1.62. The molecule has 0 spiro atoms. The number of sulfonamides is 2. The predicted molar refractivity (Wildman–Crippen MR) is 120 cm³/mol. The number of ether oxygens (including phenoxy) is 1. The van der Waals surface area contributed by atoms with E-state index < -0.39 is 25.9 Å². The Hall–Kier alpha value is -3.64. The highest BCUT2D eigenvalue weighted by molar-refractivity contribution is 7.93. The summed E-state index contributed by atoms with van der Waals surface area (Å²) in [6.45, 7) is 0. The highest BCUT2D eigenvalue weighted by atomic mass is 32.2. The third-order valence-electron chi connectivity index (χ3n) is 4.83. The Morgan fingerprint density at radius 1 is 0.879 bits per heavy atom. The van der Waals surface area contributed by atoms with Crippen LogP contribution < -0.4 is 19.5 Å². The summed E-state index contributed by atoms with van der Waals surface area (Å²) in [5.74, 6) is -0.666. The summed E-state index contributed by atoms with van der Waals surface area (Å²) in [5.41, 5.74) is 1.17. The molecule has 0 saturated heterocycles. The monoisotopic (exact) mass is 491 g/mol. The lowest BCUT2D eigenvalue weighted by Crippen LogP contribution is -2.15. The van der Waals surface area contributed by atoms with E-state index in [0.29, 0.717) is 11.3 Å². The van der Waals surface area contributed by atoms with Gasteiger partial charge in [-0.05, 0) is 66.2 Å². The fraction of sp³-hybridized carbons (Fsp3) is 0.0952. The number of rotatable bonds is 7. The van der Waals surface area contributed by atoms with Crippen LogP contribution in [0.2, 0.25) is 0 Å². The van der Waals surface area contributed by atoms with Crippen LogP contribution in [0.25, 0.3) is 0 Å². The van der Waals surface area contributed by atoms with Crippen LogP contribution in [0.1, 0.15) is 5.56 Å². The van der Waals surface area contributed by atoms with Gasteiger partial charge in [-0.1, -0.05) is 0 Å². The zero-order valence-corrected chi connectivity index (χ0v) is 18.8. The van der Waals surface area contributed by atoms with Gasteiger partial charge >= 0.3 is 0 Å². The largest absolute Gasteiger partial charge is 0.495 e. The molecule has 3 N–H and O–H groups in total. The number of methoxy groups -OCH3 is 1. The molecule has 1 amide bonds. The summed E-state index contributed by atoms with van der Waals surface area (Å²) in [6.07, 6.45) is 0.0799. The van der Waals surface area contributed by atoms with Crippen molar-refractivity contribution in [3.05, 3.63) is 72.0 Å². The lowest BCUT2D eigenvalue weighted by atomic mass is 10.2. The van der Waals surface area contributed by atoms with E-state index in [4.69, 9.17) is 4.74 Å². The molecular formula is C21H18FN3O6S2. The summed E-state index contributed by atoms with van der Waals surface area (Å²) < 4.78 is 74.1. The number of halogens is 1. The molecule has 0 radical (unpaired) electrons. The van der Waals surface area contributed by atoms with Crippen molar-refractivity contribution in [2.75, 3.05) is 21.9 Å². The van der Waals surface area contributed by atoms with Crippen LogP contribution in [-0.2, 0) is 31.3 Å². The van der Waals surface area contributed by atoms with Crippen LogP contribution in [0.4, 0.5) is 21.5 Å². The van der Waals surface area contributed by atoms with E-state index in [1.807, 2.05) is 0 Å². The Kier molecular flexibility index (Phi) is 5.72. The molecule has 0 fully saturated rings. The Morgan fingerprint density at radius 2 is 1.55 bits per heavy atom. The van der Waals surface area contributed by atoms with E-state index in [0.717, 1.165) is 24.3 Å². The maximum Gasteiger partial charge on any atom is 0.262 e. The molecule has 33 heavy (non-hydrogen) atoms. The van der Waals surface area contributed by atoms with Crippen LogP contribution in [0.5, 0.6) is 5.75 Å². The van der Waals surface area contributed by atoms with Crippen molar-refractivity contribution in [2.24, 2.45) is 0 Å². The number of anilines is 3. The summed E-state index contributed by atoms with van der Waals surface area (Å²) in [6, 6.07) is 12.5. The Labute approximate surface area is 189 Å². The van der Waals surface area contributed by atoms with Gasteiger partial charge < -0.3 is 10.1 Å². The van der Waals surface area contributed by atoms with Crippen molar-refractivity contribution in [2.45, 2.75) is 16.2 Å². The first-order chi connectivity index (χ1) is 15.6. The number of carbonyl (C=O) groups excluding carboxylic acids is 1. The van der Waals surface area contributed by atoms with Gasteiger partial charge in [-0.3, -0.25) is 14.2 Å². The molecule has 1 aliphatic heterocycles. The third kappa shape index (κ3) is 4.76. The lowest BCUT2D eigenvalue weighted by Gasteiger charge is -2.15. The van der Waals surface area contributed by atoms with Gasteiger partial charge in [0.2, 0.25) is 5.91 Å². The van der Waals surface area contributed by atoms with Gasteiger partial charge in [-0.15, -0.1) is 0 Å². The zero-order chi connectivity index (χ0) is 23.8. The van der Waals surface area contributed by atoms with Crippen molar-refractivity contribution < 1.29 is 30.8 Å². The normalized spacial score (nSPS) is 13.2. The molecule has 172 valence electrons. The first-order valence-corrected chi connectivity index (χ1v) is 12.5. The van der Waals surface area contributed by atoms with E-state index in [1.165, 1.54) is 43.5 Å². The number of hydrogen-bond donors (Lipinski definition) is 3. The first kappa shape index (κ1) is 22.6. The molecule has 1 aliphatic rings. The first-order valence-electron chi connectivity index (χ1n) is 9.49. The fourth-order valence-electron chi connectivity index (χ4n) is 3.26. The third-order valence-corrected chi connectivity index (χ3v) is 7.59. The number of benzene rings is 3. The summed E-state index contributed by atoms with van der Waals surface area (Å²) >= 11 is 0. The average molecular weight is 492 g/mol. The van der Waals surface area contributed by atoms with Gasteiger partial charge in [0.25, 0.3) is 20.0 Å².